The Balaban J connectivity index is 1.85. The third kappa shape index (κ3) is 5.55. The van der Waals surface area contributed by atoms with E-state index >= 15 is 0 Å². The maximum absolute atomic E-state index is 12.8. The minimum absolute atomic E-state index is 0.159. The van der Waals surface area contributed by atoms with E-state index in [0.717, 1.165) is 15.6 Å². The van der Waals surface area contributed by atoms with Crippen LogP contribution in [0.3, 0.4) is 0 Å². The minimum atomic E-state index is -3.56. The predicted octanol–water partition coefficient (Wildman–Crippen LogP) is 3.61. The van der Waals surface area contributed by atoms with Crippen LogP contribution in [0.5, 0.6) is 5.75 Å². The van der Waals surface area contributed by atoms with Gasteiger partial charge in [0.25, 0.3) is 5.91 Å². The van der Waals surface area contributed by atoms with Gasteiger partial charge in [0, 0.05) is 32.0 Å². The molecule has 0 radical (unpaired) electrons. The quantitative estimate of drug-likeness (QED) is 0.617. The van der Waals surface area contributed by atoms with Crippen LogP contribution in [0.1, 0.15) is 12.5 Å². The standard InChI is InChI=1S/C22H25N3O4S2/c1-16-15-25(21(26)12-11-17-7-5-9-19(13-17)29-4)22(30-16)23-18-8-6-10-20(14-18)31(27,28)24(2)3/h5-14,16H,15H2,1-4H3/b12-11+,23-22?. The van der Waals surface area contributed by atoms with Crippen molar-refractivity contribution in [2.45, 2.75) is 17.1 Å². The number of nitrogens with zero attached hydrogens (tertiary/aromatic N) is 3. The van der Waals surface area contributed by atoms with Gasteiger partial charge in [-0.2, -0.15) is 0 Å². The van der Waals surface area contributed by atoms with Gasteiger partial charge in [-0.1, -0.05) is 36.9 Å². The molecule has 2 aromatic carbocycles. The number of thioether (sulfide) groups is 1. The lowest BCUT2D eigenvalue weighted by Crippen LogP contribution is -2.30. The molecule has 0 saturated carbocycles. The van der Waals surface area contributed by atoms with Gasteiger partial charge in [0.1, 0.15) is 5.75 Å². The third-order valence-electron chi connectivity index (χ3n) is 4.58. The Labute approximate surface area is 187 Å². The van der Waals surface area contributed by atoms with Crippen molar-refractivity contribution in [1.82, 2.24) is 9.21 Å². The van der Waals surface area contributed by atoms with E-state index in [2.05, 4.69) is 4.99 Å². The number of benzene rings is 2. The van der Waals surface area contributed by atoms with Gasteiger partial charge >= 0.3 is 0 Å². The van der Waals surface area contributed by atoms with Gasteiger partial charge < -0.3 is 4.74 Å². The number of ether oxygens (including phenoxy) is 1. The van der Waals surface area contributed by atoms with Crippen LogP contribution in [0.4, 0.5) is 5.69 Å². The zero-order chi connectivity index (χ0) is 22.6. The topological polar surface area (TPSA) is 79.3 Å². The fourth-order valence-electron chi connectivity index (χ4n) is 2.92. The van der Waals surface area contributed by atoms with Gasteiger partial charge in [0.15, 0.2) is 5.17 Å². The number of sulfonamides is 1. The number of hydrogen-bond acceptors (Lipinski definition) is 6. The van der Waals surface area contributed by atoms with E-state index in [1.165, 1.54) is 44.1 Å². The van der Waals surface area contributed by atoms with Crippen LogP contribution in [0.2, 0.25) is 0 Å². The maximum Gasteiger partial charge on any atom is 0.252 e. The molecule has 3 rings (SSSR count). The molecule has 1 atom stereocenters. The van der Waals surface area contributed by atoms with E-state index in [-0.39, 0.29) is 16.1 Å². The number of methoxy groups -OCH3 is 1. The van der Waals surface area contributed by atoms with Crippen LogP contribution in [0.25, 0.3) is 6.08 Å². The summed E-state index contributed by atoms with van der Waals surface area (Å²) in [5.74, 6) is 0.533. The number of aliphatic imine (C=N–C) groups is 1. The monoisotopic (exact) mass is 459 g/mol. The van der Waals surface area contributed by atoms with Crippen LogP contribution in [-0.4, -0.2) is 61.7 Å². The highest BCUT2D eigenvalue weighted by Crippen LogP contribution is 2.29. The number of hydrogen-bond donors (Lipinski definition) is 0. The molecule has 0 spiro atoms. The number of amides is 1. The molecule has 0 aliphatic carbocycles. The molecule has 164 valence electrons. The van der Waals surface area contributed by atoms with Crippen molar-refractivity contribution >= 4 is 44.6 Å². The van der Waals surface area contributed by atoms with Crippen LogP contribution < -0.4 is 4.74 Å². The summed E-state index contributed by atoms with van der Waals surface area (Å²) in [5.41, 5.74) is 1.33. The number of carbonyl (C=O) groups is 1. The fraction of sp³-hybridized carbons (Fsp3) is 0.273. The lowest BCUT2D eigenvalue weighted by Gasteiger charge is -2.14. The molecule has 1 saturated heterocycles. The highest BCUT2D eigenvalue weighted by atomic mass is 32.2. The second-order valence-electron chi connectivity index (χ2n) is 7.17. The van der Waals surface area contributed by atoms with E-state index < -0.39 is 10.0 Å². The Hall–Kier alpha value is -2.62. The van der Waals surface area contributed by atoms with Crippen molar-refractivity contribution in [3.63, 3.8) is 0 Å². The molecule has 1 aliphatic rings. The molecule has 1 heterocycles. The van der Waals surface area contributed by atoms with Crippen LogP contribution in [-0.2, 0) is 14.8 Å². The lowest BCUT2D eigenvalue weighted by molar-refractivity contribution is -0.122. The van der Waals surface area contributed by atoms with Gasteiger partial charge in [0.05, 0.1) is 17.7 Å². The average molecular weight is 460 g/mol. The van der Waals surface area contributed by atoms with E-state index in [1.54, 1.807) is 30.2 Å². The number of amidine groups is 1. The number of rotatable bonds is 6. The molecular weight excluding hydrogens is 434 g/mol. The van der Waals surface area contributed by atoms with Crippen molar-refractivity contribution in [2.75, 3.05) is 27.7 Å². The lowest BCUT2D eigenvalue weighted by atomic mass is 10.2. The molecule has 0 N–H and O–H groups in total. The molecule has 7 nitrogen and oxygen atoms in total. The molecule has 0 aromatic heterocycles. The Kier molecular flexibility index (Phi) is 7.19. The van der Waals surface area contributed by atoms with Crippen molar-refractivity contribution in [1.29, 1.82) is 0 Å². The molecule has 9 heteroatoms. The minimum Gasteiger partial charge on any atom is -0.497 e. The van der Waals surface area contributed by atoms with Crippen LogP contribution in [0, 0.1) is 0 Å². The Morgan fingerprint density at radius 1 is 1.23 bits per heavy atom. The first-order valence-corrected chi connectivity index (χ1v) is 11.9. The zero-order valence-corrected chi connectivity index (χ0v) is 19.5. The zero-order valence-electron chi connectivity index (χ0n) is 17.8. The summed E-state index contributed by atoms with van der Waals surface area (Å²) in [5, 5.41) is 0.730. The Bertz CT molecular complexity index is 1130. The van der Waals surface area contributed by atoms with Gasteiger partial charge in [-0.05, 0) is 42.0 Å². The van der Waals surface area contributed by atoms with E-state index in [1.807, 2.05) is 31.2 Å². The molecule has 1 unspecified atom stereocenters. The highest BCUT2D eigenvalue weighted by molar-refractivity contribution is 8.14. The summed E-state index contributed by atoms with van der Waals surface area (Å²) >= 11 is 1.49. The number of carbonyl (C=O) groups excluding carboxylic acids is 1. The summed E-state index contributed by atoms with van der Waals surface area (Å²) in [7, 11) is 0.999. The first kappa shape index (κ1) is 23.1. The summed E-state index contributed by atoms with van der Waals surface area (Å²) in [6.07, 6.45) is 3.25. The maximum atomic E-state index is 12.8. The molecule has 0 bridgehead atoms. The summed E-state index contributed by atoms with van der Waals surface area (Å²) in [6, 6.07) is 13.8. The van der Waals surface area contributed by atoms with Crippen molar-refractivity contribution < 1.29 is 17.9 Å². The normalized spacial score (nSPS) is 18.3. The molecule has 1 aliphatic heterocycles. The average Bonchev–Trinajstić information content (AvgIpc) is 3.12. The second-order valence-corrected chi connectivity index (χ2v) is 10.7. The van der Waals surface area contributed by atoms with Crippen molar-refractivity contribution in [3.05, 3.63) is 60.2 Å². The summed E-state index contributed by atoms with van der Waals surface area (Å²) < 4.78 is 31.2. The Morgan fingerprint density at radius 2 is 1.97 bits per heavy atom. The summed E-state index contributed by atoms with van der Waals surface area (Å²) in [4.78, 5) is 19.2. The van der Waals surface area contributed by atoms with Gasteiger partial charge in [-0.15, -0.1) is 0 Å². The van der Waals surface area contributed by atoms with Crippen molar-refractivity contribution in [2.24, 2.45) is 4.99 Å². The SMILES string of the molecule is COc1cccc(/C=C/C(=O)N2CC(C)SC2=Nc2cccc(S(=O)(=O)N(C)C)c2)c1. The van der Waals surface area contributed by atoms with E-state index in [9.17, 15) is 13.2 Å². The van der Waals surface area contributed by atoms with Crippen LogP contribution >= 0.6 is 11.8 Å². The highest BCUT2D eigenvalue weighted by Gasteiger charge is 2.29. The summed E-state index contributed by atoms with van der Waals surface area (Å²) in [6.45, 7) is 2.55. The largest absolute Gasteiger partial charge is 0.497 e. The molecule has 31 heavy (non-hydrogen) atoms. The second kappa shape index (κ2) is 9.67. The predicted molar refractivity (Wildman–Crippen MR) is 125 cm³/mol. The Morgan fingerprint density at radius 3 is 2.68 bits per heavy atom. The van der Waals surface area contributed by atoms with Gasteiger partial charge in [-0.3, -0.25) is 9.69 Å². The third-order valence-corrected chi connectivity index (χ3v) is 7.46. The van der Waals surface area contributed by atoms with Crippen molar-refractivity contribution in [3.8, 4) is 5.75 Å². The van der Waals surface area contributed by atoms with Gasteiger partial charge in [0.2, 0.25) is 10.0 Å². The van der Waals surface area contributed by atoms with E-state index in [4.69, 9.17) is 4.74 Å². The first-order chi connectivity index (χ1) is 14.7. The fourth-order valence-corrected chi connectivity index (χ4v) is 4.90. The molecule has 2 aromatic rings. The van der Waals surface area contributed by atoms with Crippen LogP contribution in [0.15, 0.2) is 64.5 Å². The first-order valence-electron chi connectivity index (χ1n) is 9.62. The molecule has 1 amide bonds. The van der Waals surface area contributed by atoms with Gasteiger partial charge in [-0.25, -0.2) is 17.7 Å². The smallest absolute Gasteiger partial charge is 0.252 e. The molecular formula is C22H25N3O4S2. The molecule has 1 fully saturated rings. The van der Waals surface area contributed by atoms with E-state index in [0.29, 0.717) is 17.4 Å².